The van der Waals surface area contributed by atoms with Crippen LogP contribution < -0.4 is 5.73 Å². The number of likely N-dealkylation sites (tertiary alicyclic amines) is 1. The van der Waals surface area contributed by atoms with Crippen LogP contribution in [-0.2, 0) is 11.2 Å². The van der Waals surface area contributed by atoms with Gasteiger partial charge in [-0.1, -0.05) is 12.8 Å². The second-order valence-corrected chi connectivity index (χ2v) is 7.50. The smallest absolute Gasteiger partial charge is 0.267 e. The first-order chi connectivity index (χ1) is 12.1. The number of rotatable bonds is 5. The molecule has 0 spiro atoms. The Morgan fingerprint density at radius 2 is 1.80 bits per heavy atom. The Kier molecular flexibility index (Phi) is 6.00. The molecule has 6 nitrogen and oxygen atoms in total. The minimum Gasteiger partial charge on any atom is -0.364 e. The quantitative estimate of drug-likeness (QED) is 0.888. The zero-order chi connectivity index (χ0) is 17.6. The van der Waals surface area contributed by atoms with Crippen LogP contribution in [0.15, 0.2) is 12.4 Å². The lowest BCUT2D eigenvalue weighted by atomic mass is 9.95. The fourth-order valence-corrected chi connectivity index (χ4v) is 4.15. The Hall–Kier alpha value is -1.98. The van der Waals surface area contributed by atoms with Crippen LogP contribution >= 0.6 is 0 Å². The molecule has 0 aromatic carbocycles. The molecule has 2 heterocycles. The number of nitrogens with two attached hydrogens (primary N) is 1. The van der Waals surface area contributed by atoms with E-state index >= 15 is 0 Å². The van der Waals surface area contributed by atoms with Crippen LogP contribution in [0.1, 0.15) is 67.5 Å². The third kappa shape index (κ3) is 5.00. The SMILES string of the molecule is NC(=O)c1cc(C[C@H]2CCCN(C(=O)CC3CCCC3)CC2)ncn1. The zero-order valence-electron chi connectivity index (χ0n) is 14.8. The van der Waals surface area contributed by atoms with Gasteiger partial charge in [-0.3, -0.25) is 9.59 Å². The van der Waals surface area contributed by atoms with Gasteiger partial charge in [0, 0.05) is 25.2 Å². The van der Waals surface area contributed by atoms with Crippen molar-refractivity contribution in [3.63, 3.8) is 0 Å². The van der Waals surface area contributed by atoms with Crippen LogP contribution in [0.4, 0.5) is 0 Å². The highest BCUT2D eigenvalue weighted by atomic mass is 16.2. The van der Waals surface area contributed by atoms with E-state index in [0.29, 0.717) is 17.7 Å². The van der Waals surface area contributed by atoms with Crippen LogP contribution in [0, 0.1) is 11.8 Å². The molecule has 2 N–H and O–H groups in total. The van der Waals surface area contributed by atoms with E-state index in [1.54, 1.807) is 6.07 Å². The predicted octanol–water partition coefficient (Wildman–Crippen LogP) is 2.33. The molecule has 3 rings (SSSR count). The Morgan fingerprint density at radius 1 is 1.04 bits per heavy atom. The van der Waals surface area contributed by atoms with Gasteiger partial charge >= 0.3 is 0 Å². The molecule has 0 radical (unpaired) electrons. The molecule has 1 aliphatic carbocycles. The van der Waals surface area contributed by atoms with Crippen molar-refractivity contribution in [3.8, 4) is 0 Å². The zero-order valence-corrected chi connectivity index (χ0v) is 14.8. The Balaban J connectivity index is 1.51. The number of nitrogens with zero attached hydrogens (tertiary/aromatic N) is 3. The van der Waals surface area contributed by atoms with E-state index in [2.05, 4.69) is 14.9 Å². The van der Waals surface area contributed by atoms with Gasteiger partial charge < -0.3 is 10.6 Å². The fraction of sp³-hybridized carbons (Fsp3) is 0.684. The standard InChI is InChI=1S/C19H28N4O2/c20-19(25)17-12-16(21-13-22-17)10-15-6-3-8-23(9-7-15)18(24)11-14-4-1-2-5-14/h12-15H,1-11H2,(H2,20,25)/t15-/m0/s1. The molecule has 1 aromatic rings. The van der Waals surface area contributed by atoms with Gasteiger partial charge in [0.1, 0.15) is 12.0 Å². The molecule has 1 aliphatic heterocycles. The van der Waals surface area contributed by atoms with E-state index < -0.39 is 5.91 Å². The lowest BCUT2D eigenvalue weighted by molar-refractivity contribution is -0.132. The molecular weight excluding hydrogens is 316 g/mol. The van der Waals surface area contributed by atoms with Crippen LogP contribution in [0.3, 0.4) is 0 Å². The maximum Gasteiger partial charge on any atom is 0.267 e. The molecule has 0 bridgehead atoms. The van der Waals surface area contributed by atoms with Crippen molar-refractivity contribution < 1.29 is 9.59 Å². The van der Waals surface area contributed by atoms with E-state index in [1.807, 2.05) is 0 Å². The van der Waals surface area contributed by atoms with Crippen molar-refractivity contribution in [1.82, 2.24) is 14.9 Å². The molecule has 0 unspecified atom stereocenters. The lowest BCUT2D eigenvalue weighted by Crippen LogP contribution is -2.33. The molecule has 25 heavy (non-hydrogen) atoms. The third-order valence-electron chi connectivity index (χ3n) is 5.61. The van der Waals surface area contributed by atoms with Gasteiger partial charge in [0.15, 0.2) is 0 Å². The Bertz CT molecular complexity index is 613. The summed E-state index contributed by atoms with van der Waals surface area (Å²) in [4.78, 5) is 34.0. The van der Waals surface area contributed by atoms with Crippen molar-refractivity contribution in [2.24, 2.45) is 17.6 Å². The lowest BCUT2D eigenvalue weighted by Gasteiger charge is -2.22. The summed E-state index contributed by atoms with van der Waals surface area (Å²) in [5.74, 6) is 0.915. The molecule has 2 amide bonds. The number of aromatic nitrogens is 2. The van der Waals surface area contributed by atoms with Crippen molar-refractivity contribution in [1.29, 1.82) is 0 Å². The molecule has 6 heteroatoms. The van der Waals surface area contributed by atoms with E-state index in [4.69, 9.17) is 5.73 Å². The highest BCUT2D eigenvalue weighted by molar-refractivity contribution is 5.90. The van der Waals surface area contributed by atoms with Gasteiger partial charge in [-0.05, 0) is 56.4 Å². The summed E-state index contributed by atoms with van der Waals surface area (Å²) in [5.41, 5.74) is 6.42. The van der Waals surface area contributed by atoms with Crippen LogP contribution in [-0.4, -0.2) is 39.8 Å². The van der Waals surface area contributed by atoms with Gasteiger partial charge in [0.05, 0.1) is 0 Å². The predicted molar refractivity (Wildman–Crippen MR) is 94.7 cm³/mol. The van der Waals surface area contributed by atoms with Gasteiger partial charge in [0.2, 0.25) is 5.91 Å². The van der Waals surface area contributed by atoms with Crippen molar-refractivity contribution in [2.45, 2.75) is 57.8 Å². The number of carbonyl (C=O) groups excluding carboxylic acids is 2. The van der Waals surface area contributed by atoms with Crippen molar-refractivity contribution in [2.75, 3.05) is 13.1 Å². The summed E-state index contributed by atoms with van der Waals surface area (Å²) in [6.07, 6.45) is 11.1. The summed E-state index contributed by atoms with van der Waals surface area (Å²) in [5, 5.41) is 0. The summed E-state index contributed by atoms with van der Waals surface area (Å²) >= 11 is 0. The summed E-state index contributed by atoms with van der Waals surface area (Å²) in [6.45, 7) is 1.71. The molecule has 136 valence electrons. The minimum atomic E-state index is -0.520. The second-order valence-electron chi connectivity index (χ2n) is 7.50. The number of primary amides is 1. The van der Waals surface area contributed by atoms with E-state index in [0.717, 1.165) is 50.9 Å². The molecule has 1 saturated carbocycles. The molecule has 2 aliphatic rings. The largest absolute Gasteiger partial charge is 0.364 e. The van der Waals surface area contributed by atoms with Gasteiger partial charge in [-0.15, -0.1) is 0 Å². The number of amides is 2. The van der Waals surface area contributed by atoms with E-state index in [9.17, 15) is 9.59 Å². The topological polar surface area (TPSA) is 89.2 Å². The molecule has 2 fully saturated rings. The van der Waals surface area contributed by atoms with Crippen LogP contribution in [0.25, 0.3) is 0 Å². The first-order valence-electron chi connectivity index (χ1n) is 9.50. The first-order valence-corrected chi connectivity index (χ1v) is 9.50. The van der Waals surface area contributed by atoms with Crippen molar-refractivity contribution in [3.05, 3.63) is 23.8 Å². The van der Waals surface area contributed by atoms with Gasteiger partial charge in [0.25, 0.3) is 5.91 Å². The summed E-state index contributed by atoms with van der Waals surface area (Å²) in [6, 6.07) is 1.69. The maximum atomic E-state index is 12.5. The fourth-order valence-electron chi connectivity index (χ4n) is 4.15. The summed E-state index contributed by atoms with van der Waals surface area (Å²) in [7, 11) is 0. The van der Waals surface area contributed by atoms with E-state index in [1.165, 1.54) is 32.0 Å². The number of carbonyl (C=O) groups is 2. The maximum absolute atomic E-state index is 12.5. The average Bonchev–Trinajstić information content (AvgIpc) is 2.99. The van der Waals surface area contributed by atoms with E-state index in [-0.39, 0.29) is 5.69 Å². The van der Waals surface area contributed by atoms with Crippen LogP contribution in [0.2, 0.25) is 0 Å². The molecule has 1 atom stereocenters. The normalized spacial score (nSPS) is 21.9. The molecule has 1 aromatic heterocycles. The van der Waals surface area contributed by atoms with Gasteiger partial charge in [-0.2, -0.15) is 0 Å². The minimum absolute atomic E-state index is 0.270. The third-order valence-corrected chi connectivity index (χ3v) is 5.61. The van der Waals surface area contributed by atoms with Gasteiger partial charge in [-0.25, -0.2) is 9.97 Å². The molecular formula is C19H28N4O2. The van der Waals surface area contributed by atoms with Crippen molar-refractivity contribution >= 4 is 11.8 Å². The first kappa shape index (κ1) is 17.8. The highest BCUT2D eigenvalue weighted by Gasteiger charge is 2.25. The summed E-state index contributed by atoms with van der Waals surface area (Å²) < 4.78 is 0. The number of hydrogen-bond donors (Lipinski definition) is 1. The van der Waals surface area contributed by atoms with Crippen LogP contribution in [0.5, 0.6) is 0 Å². The second kappa shape index (κ2) is 8.41. The highest BCUT2D eigenvalue weighted by Crippen LogP contribution is 2.29. The Labute approximate surface area is 149 Å². The Morgan fingerprint density at radius 3 is 2.56 bits per heavy atom. The average molecular weight is 344 g/mol. The molecule has 1 saturated heterocycles. The number of hydrogen-bond acceptors (Lipinski definition) is 4. The monoisotopic (exact) mass is 344 g/mol.